The molecule has 0 fully saturated rings. The lowest BCUT2D eigenvalue weighted by Crippen LogP contribution is -2.37. The van der Waals surface area contributed by atoms with Crippen LogP contribution in [0, 0.1) is 0 Å². The van der Waals surface area contributed by atoms with Gasteiger partial charge in [0, 0.05) is 18.3 Å². The second kappa shape index (κ2) is 10.9. The Balaban J connectivity index is 1.45. The smallest absolute Gasteiger partial charge is 0.250 e. The Morgan fingerprint density at radius 3 is 2.78 bits per heavy atom. The van der Waals surface area contributed by atoms with Crippen molar-refractivity contribution >= 4 is 45.6 Å². The number of para-hydroxylation sites is 1. The Morgan fingerprint density at radius 1 is 1.16 bits per heavy atom. The van der Waals surface area contributed by atoms with E-state index < -0.39 is 0 Å². The monoisotopic (exact) mass is 515 g/mol. The van der Waals surface area contributed by atoms with Crippen molar-refractivity contribution in [1.82, 2.24) is 14.9 Å². The zero-order chi connectivity index (χ0) is 25.8. The Morgan fingerprint density at radius 2 is 2.00 bits per heavy atom. The van der Waals surface area contributed by atoms with Crippen LogP contribution in [0.25, 0.3) is 10.9 Å². The lowest BCUT2D eigenvalue weighted by molar-refractivity contribution is -0.114. The van der Waals surface area contributed by atoms with Gasteiger partial charge in [0.05, 0.1) is 28.2 Å². The van der Waals surface area contributed by atoms with Crippen molar-refractivity contribution < 1.29 is 14.3 Å². The molecule has 1 aliphatic rings. The molecule has 1 amide bonds. The number of carbonyl (C=O) groups is 1. The second-order valence-corrected chi connectivity index (χ2v) is 9.13. The number of carbonyl (C=O) groups excluding carboxylic acids is 1. The van der Waals surface area contributed by atoms with E-state index in [2.05, 4.69) is 15.3 Å². The highest BCUT2D eigenvalue weighted by Gasteiger charge is 2.26. The molecule has 9 heteroatoms. The van der Waals surface area contributed by atoms with Gasteiger partial charge in [0.15, 0.2) is 5.75 Å². The average molecular weight is 516 g/mol. The zero-order valence-electron chi connectivity index (χ0n) is 20.5. The molecule has 0 radical (unpaired) electrons. The van der Waals surface area contributed by atoms with Gasteiger partial charge in [-0.2, -0.15) is 0 Å². The van der Waals surface area contributed by atoms with Crippen molar-refractivity contribution in [2.24, 2.45) is 0 Å². The minimum absolute atomic E-state index is 0.0992. The summed E-state index contributed by atoms with van der Waals surface area (Å²) in [6.07, 6.45) is 4.94. The maximum Gasteiger partial charge on any atom is 0.250 e. The third kappa shape index (κ3) is 5.50. The fourth-order valence-electron chi connectivity index (χ4n) is 4.02. The highest BCUT2D eigenvalue weighted by molar-refractivity contribution is 6.32. The van der Waals surface area contributed by atoms with Gasteiger partial charge in [-0.05, 0) is 56.6 Å². The summed E-state index contributed by atoms with van der Waals surface area (Å²) in [7, 11) is 3.91. The number of rotatable bonds is 7. The summed E-state index contributed by atoms with van der Waals surface area (Å²) in [6.45, 7) is 1.50. The summed E-state index contributed by atoms with van der Waals surface area (Å²) in [4.78, 5) is 25.5. The summed E-state index contributed by atoms with van der Waals surface area (Å²) in [5.74, 6) is 2.26. The van der Waals surface area contributed by atoms with Gasteiger partial charge in [-0.15, -0.1) is 0 Å². The molecule has 0 spiro atoms. The van der Waals surface area contributed by atoms with E-state index in [1.165, 1.54) is 6.33 Å². The molecule has 0 bridgehead atoms. The van der Waals surface area contributed by atoms with Crippen LogP contribution in [0.5, 0.6) is 17.2 Å². The molecular formula is C28H26ClN5O3. The fraction of sp³-hybridized carbons (Fsp3) is 0.179. The molecule has 188 valence electrons. The number of hydrogen-bond acceptors (Lipinski definition) is 7. The Labute approximate surface area is 220 Å². The first-order chi connectivity index (χ1) is 18.0. The molecule has 8 nitrogen and oxygen atoms in total. The van der Waals surface area contributed by atoms with Crippen LogP contribution < -0.4 is 19.7 Å². The van der Waals surface area contributed by atoms with Gasteiger partial charge in [-0.25, -0.2) is 9.97 Å². The van der Waals surface area contributed by atoms with Crippen molar-refractivity contribution in [1.29, 1.82) is 0 Å². The van der Waals surface area contributed by atoms with E-state index >= 15 is 0 Å². The first-order valence-electron chi connectivity index (χ1n) is 11.8. The minimum atomic E-state index is -0.0992. The Bertz CT molecular complexity index is 1460. The minimum Gasteiger partial charge on any atom is -0.489 e. The first-order valence-corrected chi connectivity index (χ1v) is 12.2. The number of nitrogens with zero attached hydrogens (tertiary/aromatic N) is 4. The standard InChI is InChI=1S/C28H26ClN5O3/c1-33(2)14-6-9-25(35)34-15-16-36-27-23(34)12-11-22-26(27)28(31-18-30-22)32-19-10-13-24(21(29)17-19)37-20-7-4-3-5-8-20/h3-13,17-18H,14-16H2,1-2H3,(H,30,31,32)/b9-6+. The number of hydrogen-bond donors (Lipinski definition) is 1. The molecule has 1 aromatic heterocycles. The Hall–Kier alpha value is -4.14. The van der Waals surface area contributed by atoms with Crippen LogP contribution in [0.2, 0.25) is 5.02 Å². The molecule has 0 saturated carbocycles. The number of benzene rings is 3. The third-order valence-electron chi connectivity index (χ3n) is 5.75. The molecule has 1 aliphatic heterocycles. The quantitative estimate of drug-likeness (QED) is 0.318. The van der Waals surface area contributed by atoms with Crippen molar-refractivity contribution in [3.63, 3.8) is 0 Å². The largest absolute Gasteiger partial charge is 0.489 e. The Kier molecular flexibility index (Phi) is 7.20. The highest BCUT2D eigenvalue weighted by atomic mass is 35.5. The van der Waals surface area contributed by atoms with Crippen LogP contribution in [-0.4, -0.2) is 54.6 Å². The van der Waals surface area contributed by atoms with Gasteiger partial charge in [0.1, 0.15) is 30.3 Å². The number of nitrogens with one attached hydrogen (secondary N) is 1. The molecule has 0 unspecified atom stereocenters. The maximum atomic E-state index is 12.9. The number of anilines is 3. The van der Waals surface area contributed by atoms with Gasteiger partial charge in [0.25, 0.3) is 5.91 Å². The van der Waals surface area contributed by atoms with Crippen LogP contribution >= 0.6 is 11.6 Å². The summed E-state index contributed by atoms with van der Waals surface area (Å²) in [6, 6.07) is 18.6. The zero-order valence-corrected chi connectivity index (χ0v) is 21.3. The topological polar surface area (TPSA) is 79.8 Å². The van der Waals surface area contributed by atoms with Crippen molar-refractivity contribution in [2.75, 3.05) is 44.0 Å². The van der Waals surface area contributed by atoms with E-state index in [0.717, 1.165) is 5.69 Å². The predicted octanol–water partition coefficient (Wildman–Crippen LogP) is 5.66. The van der Waals surface area contributed by atoms with Crippen LogP contribution in [-0.2, 0) is 4.79 Å². The molecule has 4 aromatic rings. The molecule has 3 aromatic carbocycles. The number of amides is 1. The summed E-state index contributed by atoms with van der Waals surface area (Å²) < 4.78 is 11.9. The van der Waals surface area contributed by atoms with Gasteiger partial charge in [-0.1, -0.05) is 35.9 Å². The maximum absolute atomic E-state index is 12.9. The number of aromatic nitrogens is 2. The molecule has 1 N–H and O–H groups in total. The lowest BCUT2D eigenvalue weighted by Gasteiger charge is -2.30. The number of ether oxygens (including phenoxy) is 2. The first kappa shape index (κ1) is 24.5. The van der Waals surface area contributed by atoms with Crippen LogP contribution in [0.3, 0.4) is 0 Å². The van der Waals surface area contributed by atoms with Gasteiger partial charge in [-0.3, -0.25) is 4.79 Å². The van der Waals surface area contributed by atoms with Crippen molar-refractivity contribution in [3.05, 3.63) is 84.2 Å². The number of fused-ring (bicyclic) bond motifs is 3. The molecule has 2 heterocycles. The van der Waals surface area contributed by atoms with Crippen LogP contribution in [0.4, 0.5) is 17.2 Å². The molecule has 37 heavy (non-hydrogen) atoms. The van der Waals surface area contributed by atoms with E-state index in [9.17, 15) is 4.79 Å². The normalized spacial score (nSPS) is 13.0. The highest BCUT2D eigenvalue weighted by Crippen LogP contribution is 2.42. The molecule has 0 aliphatic carbocycles. The average Bonchev–Trinajstić information content (AvgIpc) is 2.90. The third-order valence-corrected chi connectivity index (χ3v) is 6.05. The lowest BCUT2D eigenvalue weighted by atomic mass is 10.1. The SMILES string of the molecule is CN(C)C/C=C/C(=O)N1CCOc2c1ccc1ncnc(Nc3ccc(Oc4ccccc4)c(Cl)c3)c21. The van der Waals surface area contributed by atoms with Crippen molar-refractivity contribution in [3.8, 4) is 17.2 Å². The van der Waals surface area contributed by atoms with Gasteiger partial charge >= 0.3 is 0 Å². The second-order valence-electron chi connectivity index (χ2n) is 8.72. The number of halogens is 1. The summed E-state index contributed by atoms with van der Waals surface area (Å²) in [5.41, 5.74) is 2.10. The van der Waals surface area contributed by atoms with Gasteiger partial charge < -0.3 is 24.6 Å². The molecular weight excluding hydrogens is 490 g/mol. The van der Waals surface area contributed by atoms with E-state index in [-0.39, 0.29) is 5.91 Å². The fourth-order valence-corrected chi connectivity index (χ4v) is 4.24. The predicted molar refractivity (Wildman–Crippen MR) is 146 cm³/mol. The van der Waals surface area contributed by atoms with Crippen LogP contribution in [0.15, 0.2) is 79.1 Å². The van der Waals surface area contributed by atoms with E-state index in [1.807, 2.05) is 73.6 Å². The summed E-state index contributed by atoms with van der Waals surface area (Å²) in [5, 5.41) is 4.47. The molecule has 5 rings (SSSR count). The number of likely N-dealkylation sites (N-methyl/N-ethyl adjacent to an activating group) is 1. The molecule has 0 saturated heterocycles. The van der Waals surface area contributed by atoms with E-state index in [4.69, 9.17) is 21.1 Å². The van der Waals surface area contributed by atoms with Crippen LogP contribution in [0.1, 0.15) is 0 Å². The van der Waals surface area contributed by atoms with E-state index in [1.54, 1.807) is 23.1 Å². The van der Waals surface area contributed by atoms with Crippen molar-refractivity contribution in [2.45, 2.75) is 0 Å². The molecule has 0 atom stereocenters. The summed E-state index contributed by atoms with van der Waals surface area (Å²) >= 11 is 6.52. The van der Waals surface area contributed by atoms with Gasteiger partial charge in [0.2, 0.25) is 0 Å². The van der Waals surface area contributed by atoms with E-state index in [0.29, 0.717) is 64.4 Å².